The fourth-order valence-corrected chi connectivity index (χ4v) is 1.54. The number of likely N-dealkylation sites (N-methyl/N-ethyl adjacent to an activating group) is 1. The van der Waals surface area contributed by atoms with Crippen LogP contribution in [0.25, 0.3) is 6.08 Å². The summed E-state index contributed by atoms with van der Waals surface area (Å²) in [5.41, 5.74) is 0.759. The van der Waals surface area contributed by atoms with Gasteiger partial charge in [-0.05, 0) is 11.6 Å². The van der Waals surface area contributed by atoms with E-state index < -0.39 is 23.6 Å². The van der Waals surface area contributed by atoms with E-state index in [1.165, 1.54) is 12.3 Å². The van der Waals surface area contributed by atoms with Crippen molar-refractivity contribution in [3.8, 4) is 0 Å². The normalized spacial score (nSPS) is 16.7. The fraction of sp³-hybridized carbons (Fsp3) is 0.0769. The number of Topliss-reactive ketones (excluding diaryl/α,β-unsaturated/α-hetero) is 1. The minimum atomic E-state index is -1.22. The van der Waals surface area contributed by atoms with Crippen molar-refractivity contribution < 1.29 is 19.2 Å². The van der Waals surface area contributed by atoms with Gasteiger partial charge in [-0.2, -0.15) is 0 Å². The van der Waals surface area contributed by atoms with Gasteiger partial charge in [-0.3, -0.25) is 19.3 Å². The number of amides is 4. The monoisotopic (exact) mass is 258 g/mol. The molecule has 6 heteroatoms. The molecule has 1 fully saturated rings. The first-order valence-corrected chi connectivity index (χ1v) is 5.45. The van der Waals surface area contributed by atoms with Crippen LogP contribution in [0, 0.1) is 0 Å². The Bertz CT molecular complexity index is 592. The second kappa shape index (κ2) is 4.85. The zero-order chi connectivity index (χ0) is 14.0. The van der Waals surface area contributed by atoms with Crippen LogP contribution < -0.4 is 0 Å². The molecule has 0 aromatic heterocycles. The van der Waals surface area contributed by atoms with Gasteiger partial charge in [0.15, 0.2) is 0 Å². The van der Waals surface area contributed by atoms with E-state index >= 15 is 0 Å². The van der Waals surface area contributed by atoms with E-state index in [2.05, 4.69) is 0 Å². The highest BCUT2D eigenvalue weighted by molar-refractivity contribution is 6.66. The van der Waals surface area contributed by atoms with Gasteiger partial charge in [0, 0.05) is 13.2 Å². The number of imide groups is 2. The van der Waals surface area contributed by atoms with Crippen LogP contribution in [0.5, 0.6) is 0 Å². The molecule has 0 unspecified atom stereocenters. The first-order valence-electron chi connectivity index (χ1n) is 5.45. The lowest BCUT2D eigenvalue weighted by Crippen LogP contribution is -2.56. The van der Waals surface area contributed by atoms with Crippen molar-refractivity contribution in [2.75, 3.05) is 7.05 Å². The molecule has 1 aliphatic heterocycles. The third-order valence-electron chi connectivity index (χ3n) is 2.62. The van der Waals surface area contributed by atoms with Crippen molar-refractivity contribution in [1.29, 1.82) is 0 Å². The molecule has 0 saturated carbocycles. The van der Waals surface area contributed by atoms with Crippen molar-refractivity contribution >= 4 is 29.7 Å². The van der Waals surface area contributed by atoms with Crippen LogP contribution in [0.15, 0.2) is 36.5 Å². The number of ketones is 1. The molecule has 1 aliphatic rings. The smallest absolute Gasteiger partial charge is 0.277 e. The van der Waals surface area contributed by atoms with Crippen molar-refractivity contribution in [1.82, 2.24) is 9.80 Å². The predicted molar refractivity (Wildman–Crippen MR) is 65.5 cm³/mol. The number of nitrogens with zero attached hydrogens (tertiary/aromatic N) is 2. The maximum atomic E-state index is 11.7. The molecule has 4 amide bonds. The molecule has 0 N–H and O–H groups in total. The van der Waals surface area contributed by atoms with Gasteiger partial charge in [0.25, 0.3) is 0 Å². The third-order valence-corrected chi connectivity index (χ3v) is 2.62. The number of rotatable bonds is 2. The molecule has 2 rings (SSSR count). The van der Waals surface area contributed by atoms with Crippen LogP contribution in [-0.2, 0) is 14.4 Å². The maximum Gasteiger partial charge on any atom is 0.338 e. The first kappa shape index (κ1) is 12.7. The van der Waals surface area contributed by atoms with Crippen molar-refractivity contribution in [3.05, 3.63) is 42.1 Å². The van der Waals surface area contributed by atoms with Crippen LogP contribution in [0.1, 0.15) is 5.56 Å². The second-order valence-electron chi connectivity index (χ2n) is 3.88. The van der Waals surface area contributed by atoms with E-state index in [1.54, 1.807) is 24.3 Å². The van der Waals surface area contributed by atoms with E-state index in [-0.39, 0.29) is 0 Å². The maximum absolute atomic E-state index is 11.7. The number of benzene rings is 1. The molecule has 1 heterocycles. The van der Waals surface area contributed by atoms with Gasteiger partial charge in [-0.15, -0.1) is 0 Å². The van der Waals surface area contributed by atoms with Crippen molar-refractivity contribution in [3.63, 3.8) is 0 Å². The Balaban J connectivity index is 2.26. The number of hydrogen-bond acceptors (Lipinski definition) is 4. The summed E-state index contributed by atoms with van der Waals surface area (Å²) in [6, 6.07) is 8.10. The molecule has 0 atom stereocenters. The minimum Gasteiger partial charge on any atom is -0.277 e. The number of carbonyl (C=O) groups excluding carboxylic acids is 4. The topological polar surface area (TPSA) is 74.8 Å². The van der Waals surface area contributed by atoms with Crippen LogP contribution in [0.2, 0.25) is 0 Å². The Morgan fingerprint density at radius 3 is 2.21 bits per heavy atom. The Morgan fingerprint density at radius 1 is 0.947 bits per heavy atom. The highest BCUT2D eigenvalue weighted by atomic mass is 16.2. The van der Waals surface area contributed by atoms with Gasteiger partial charge in [0.2, 0.25) is 0 Å². The molecule has 1 aromatic rings. The highest BCUT2D eigenvalue weighted by Crippen LogP contribution is 2.10. The lowest BCUT2D eigenvalue weighted by Gasteiger charge is -2.26. The van der Waals surface area contributed by atoms with Gasteiger partial charge in [-0.1, -0.05) is 30.3 Å². The molecule has 0 aliphatic carbocycles. The summed E-state index contributed by atoms with van der Waals surface area (Å²) in [6.45, 7) is 0. The van der Waals surface area contributed by atoms with Crippen LogP contribution in [-0.4, -0.2) is 40.5 Å². The van der Waals surface area contributed by atoms with E-state index in [0.717, 1.165) is 12.6 Å². The predicted octanol–water partition coefficient (Wildman–Crippen LogP) is 0.647. The zero-order valence-electron chi connectivity index (χ0n) is 10.1. The van der Waals surface area contributed by atoms with Gasteiger partial charge >= 0.3 is 23.6 Å². The summed E-state index contributed by atoms with van der Waals surface area (Å²) in [7, 11) is 1.15. The number of urea groups is 1. The second-order valence-corrected chi connectivity index (χ2v) is 3.88. The van der Waals surface area contributed by atoms with Gasteiger partial charge in [-0.25, -0.2) is 9.69 Å². The average molecular weight is 258 g/mol. The number of carbonyl (C=O) groups is 4. The molecule has 0 spiro atoms. The van der Waals surface area contributed by atoms with Crippen LogP contribution in [0.3, 0.4) is 0 Å². The lowest BCUT2D eigenvalue weighted by molar-refractivity contribution is -0.153. The summed E-state index contributed by atoms with van der Waals surface area (Å²) in [4.78, 5) is 47.1. The largest absolute Gasteiger partial charge is 0.338 e. The minimum absolute atomic E-state index is 0.610. The van der Waals surface area contributed by atoms with Crippen LogP contribution in [0.4, 0.5) is 4.79 Å². The van der Waals surface area contributed by atoms with Crippen molar-refractivity contribution in [2.24, 2.45) is 0 Å². The highest BCUT2D eigenvalue weighted by Gasteiger charge is 2.42. The van der Waals surface area contributed by atoms with E-state index in [9.17, 15) is 19.2 Å². The number of barbiturate groups is 1. The van der Waals surface area contributed by atoms with Gasteiger partial charge in [0.05, 0.1) is 0 Å². The molecular formula is C13H10N2O4. The van der Waals surface area contributed by atoms with Gasteiger partial charge < -0.3 is 0 Å². The summed E-state index contributed by atoms with van der Waals surface area (Å²) in [5.74, 6) is -3.47. The lowest BCUT2D eigenvalue weighted by atomic mass is 10.2. The van der Waals surface area contributed by atoms with E-state index in [0.29, 0.717) is 9.80 Å². The molecule has 96 valence electrons. The van der Waals surface area contributed by atoms with Gasteiger partial charge in [0.1, 0.15) is 0 Å². The summed E-state index contributed by atoms with van der Waals surface area (Å²) in [5, 5.41) is 0. The van der Waals surface area contributed by atoms with Crippen molar-refractivity contribution in [2.45, 2.75) is 0 Å². The molecule has 0 radical (unpaired) electrons. The third kappa shape index (κ3) is 2.28. The molecule has 1 saturated heterocycles. The Kier molecular flexibility index (Phi) is 3.24. The van der Waals surface area contributed by atoms with Crippen LogP contribution >= 0.6 is 0 Å². The molecule has 19 heavy (non-hydrogen) atoms. The standard InChI is InChI=1S/C13H10N2O4/c1-14-11(17)10(16)12(18)15(13(14)19)8-7-9-5-3-2-4-6-9/h2-8H,1H3. The Hall–Kier alpha value is -2.76. The van der Waals surface area contributed by atoms with E-state index in [4.69, 9.17) is 0 Å². The zero-order valence-corrected chi connectivity index (χ0v) is 10.1. The summed E-state index contributed by atoms with van der Waals surface area (Å²) < 4.78 is 0. The number of hydrogen-bond donors (Lipinski definition) is 0. The molecular weight excluding hydrogens is 248 g/mol. The quantitative estimate of drug-likeness (QED) is 0.730. The average Bonchev–Trinajstić information content (AvgIpc) is 2.44. The Morgan fingerprint density at radius 2 is 1.58 bits per heavy atom. The van der Waals surface area contributed by atoms with E-state index in [1.807, 2.05) is 6.07 Å². The summed E-state index contributed by atoms with van der Waals surface area (Å²) >= 11 is 0. The SMILES string of the molecule is CN1C(=O)C(=O)C(=O)N(C=Cc2ccccc2)C1=O. The fourth-order valence-electron chi connectivity index (χ4n) is 1.54. The molecule has 1 aromatic carbocycles. The molecule has 6 nitrogen and oxygen atoms in total. The summed E-state index contributed by atoms with van der Waals surface area (Å²) in [6.07, 6.45) is 2.69. The first-order chi connectivity index (χ1) is 9.02. The Labute approximate surface area is 108 Å². The molecule has 0 bridgehead atoms.